The molecule has 1 aliphatic heterocycles. The molecule has 0 aliphatic carbocycles. The van der Waals surface area contributed by atoms with Crippen LogP contribution in [0.1, 0.15) is 33.6 Å². The second kappa shape index (κ2) is 8.27. The summed E-state index contributed by atoms with van der Waals surface area (Å²) in [4.78, 5) is 13.7. The number of likely N-dealkylation sites (N-methyl/N-ethyl adjacent to an activating group) is 1. The number of piperidine rings is 1. The first-order chi connectivity index (χ1) is 9.37. The zero-order valence-corrected chi connectivity index (χ0v) is 13.2. The fourth-order valence-electron chi connectivity index (χ4n) is 2.19. The molecule has 0 aromatic rings. The normalized spacial score (nSPS) is 21.1. The molecule has 5 nitrogen and oxygen atoms in total. The third kappa shape index (κ3) is 8.17. The van der Waals surface area contributed by atoms with Crippen molar-refractivity contribution in [3.8, 4) is 0 Å². The van der Waals surface area contributed by atoms with Crippen molar-refractivity contribution < 1.29 is 9.53 Å². The summed E-state index contributed by atoms with van der Waals surface area (Å²) in [5, 5.41) is 6.21. The van der Waals surface area contributed by atoms with Gasteiger partial charge >= 0.3 is 6.09 Å². The summed E-state index contributed by atoms with van der Waals surface area (Å²) in [6.45, 7) is 9.22. The maximum atomic E-state index is 11.4. The van der Waals surface area contributed by atoms with Gasteiger partial charge < -0.3 is 20.3 Å². The van der Waals surface area contributed by atoms with Gasteiger partial charge in [-0.15, -0.1) is 0 Å². The van der Waals surface area contributed by atoms with Crippen molar-refractivity contribution in [3.63, 3.8) is 0 Å². The molecule has 1 saturated heterocycles. The second-order valence-electron chi connectivity index (χ2n) is 6.36. The number of alkyl carbamates (subject to hydrolysis) is 1. The molecule has 1 unspecified atom stereocenters. The predicted molar refractivity (Wildman–Crippen MR) is 81.9 cm³/mol. The zero-order chi connectivity index (χ0) is 15.0. The molecule has 1 heterocycles. The van der Waals surface area contributed by atoms with Crippen LogP contribution in [-0.2, 0) is 4.74 Å². The Balaban J connectivity index is 2.06. The van der Waals surface area contributed by atoms with Crippen LogP contribution in [0.15, 0.2) is 12.2 Å². The van der Waals surface area contributed by atoms with Gasteiger partial charge in [0.2, 0.25) is 0 Å². The van der Waals surface area contributed by atoms with E-state index in [0.717, 1.165) is 13.1 Å². The fourth-order valence-corrected chi connectivity index (χ4v) is 2.19. The minimum Gasteiger partial charge on any atom is -0.444 e. The van der Waals surface area contributed by atoms with Gasteiger partial charge in [0.1, 0.15) is 5.60 Å². The lowest BCUT2D eigenvalue weighted by Gasteiger charge is -2.30. The maximum absolute atomic E-state index is 11.4. The van der Waals surface area contributed by atoms with Crippen LogP contribution in [0.3, 0.4) is 0 Å². The number of carbonyl (C=O) groups excluding carboxylic acids is 1. The minimum atomic E-state index is -0.442. The average molecular weight is 283 g/mol. The smallest absolute Gasteiger partial charge is 0.407 e. The van der Waals surface area contributed by atoms with Crippen molar-refractivity contribution >= 4 is 6.09 Å². The van der Waals surface area contributed by atoms with Gasteiger partial charge in [-0.25, -0.2) is 4.79 Å². The highest BCUT2D eigenvalue weighted by atomic mass is 16.6. The molecule has 2 N–H and O–H groups in total. The molecule has 116 valence electrons. The first-order valence-corrected chi connectivity index (χ1v) is 7.40. The van der Waals surface area contributed by atoms with Crippen molar-refractivity contribution in [2.75, 3.05) is 33.2 Å². The molecule has 0 aromatic heterocycles. The van der Waals surface area contributed by atoms with E-state index in [1.165, 1.54) is 19.4 Å². The summed E-state index contributed by atoms with van der Waals surface area (Å²) < 4.78 is 5.15. The zero-order valence-electron chi connectivity index (χ0n) is 13.2. The monoisotopic (exact) mass is 283 g/mol. The molecule has 0 saturated carbocycles. The van der Waals surface area contributed by atoms with Crippen molar-refractivity contribution in [2.24, 2.45) is 0 Å². The Morgan fingerprint density at radius 3 is 2.70 bits per heavy atom. The molecule has 0 bridgehead atoms. The summed E-state index contributed by atoms with van der Waals surface area (Å²) >= 11 is 0. The van der Waals surface area contributed by atoms with E-state index in [9.17, 15) is 4.79 Å². The van der Waals surface area contributed by atoms with Crippen molar-refractivity contribution in [3.05, 3.63) is 12.2 Å². The fraction of sp³-hybridized carbons (Fsp3) is 0.800. The van der Waals surface area contributed by atoms with E-state index in [0.29, 0.717) is 12.6 Å². The van der Waals surface area contributed by atoms with E-state index >= 15 is 0 Å². The number of hydrogen-bond donors (Lipinski definition) is 2. The van der Waals surface area contributed by atoms with Crippen molar-refractivity contribution in [2.45, 2.75) is 45.3 Å². The standard InChI is InChI=1S/C15H29N3O2/c1-15(2,3)20-14(19)17-10-6-5-9-16-13-8-7-11-18(4)12-13/h5-6,13,16H,7-12H2,1-4H3,(H,17,19)/b6-5+. The Hall–Kier alpha value is -1.07. The summed E-state index contributed by atoms with van der Waals surface area (Å²) in [7, 11) is 2.16. The number of hydrogen-bond acceptors (Lipinski definition) is 4. The highest BCUT2D eigenvalue weighted by Crippen LogP contribution is 2.07. The number of nitrogens with one attached hydrogen (secondary N) is 2. The van der Waals surface area contributed by atoms with Crippen LogP contribution in [-0.4, -0.2) is 55.9 Å². The summed E-state index contributed by atoms with van der Waals surface area (Å²) in [6.07, 6.45) is 6.13. The van der Waals surface area contributed by atoms with Gasteiger partial charge in [0.25, 0.3) is 0 Å². The second-order valence-corrected chi connectivity index (χ2v) is 6.36. The summed E-state index contributed by atoms with van der Waals surface area (Å²) in [5.41, 5.74) is -0.442. The Morgan fingerprint density at radius 1 is 1.35 bits per heavy atom. The topological polar surface area (TPSA) is 53.6 Å². The molecule has 5 heteroatoms. The van der Waals surface area contributed by atoms with Gasteiger partial charge in [-0.2, -0.15) is 0 Å². The third-order valence-electron chi connectivity index (χ3n) is 3.08. The molecule has 1 rings (SSSR count). The maximum Gasteiger partial charge on any atom is 0.407 e. The number of amides is 1. The lowest BCUT2D eigenvalue weighted by Crippen LogP contribution is -2.43. The van der Waals surface area contributed by atoms with E-state index in [4.69, 9.17) is 4.74 Å². The molecule has 1 atom stereocenters. The van der Waals surface area contributed by atoms with Gasteiger partial charge in [0.05, 0.1) is 0 Å². The summed E-state index contributed by atoms with van der Waals surface area (Å²) in [5.74, 6) is 0. The summed E-state index contributed by atoms with van der Waals surface area (Å²) in [6, 6.07) is 0.581. The SMILES string of the molecule is CN1CCCC(NC/C=C/CNC(=O)OC(C)(C)C)C1. The molecular formula is C15H29N3O2. The van der Waals surface area contributed by atoms with E-state index in [-0.39, 0.29) is 6.09 Å². The molecule has 1 aliphatic rings. The molecular weight excluding hydrogens is 254 g/mol. The van der Waals surface area contributed by atoms with Gasteiger partial charge in [-0.05, 0) is 47.2 Å². The Labute approximate surface area is 122 Å². The molecule has 1 fully saturated rings. The molecule has 0 spiro atoms. The van der Waals surface area contributed by atoms with Crippen LogP contribution < -0.4 is 10.6 Å². The quantitative estimate of drug-likeness (QED) is 0.755. The number of carbonyl (C=O) groups is 1. The minimum absolute atomic E-state index is 0.371. The third-order valence-corrected chi connectivity index (χ3v) is 3.08. The van der Waals surface area contributed by atoms with Gasteiger partial charge in [0, 0.05) is 25.7 Å². The molecule has 0 aromatic carbocycles. The number of rotatable bonds is 5. The lowest BCUT2D eigenvalue weighted by molar-refractivity contribution is 0.0534. The average Bonchev–Trinajstić information content (AvgIpc) is 2.31. The lowest BCUT2D eigenvalue weighted by atomic mass is 10.1. The molecule has 20 heavy (non-hydrogen) atoms. The van der Waals surface area contributed by atoms with Crippen molar-refractivity contribution in [1.29, 1.82) is 0 Å². The first-order valence-electron chi connectivity index (χ1n) is 7.40. The van der Waals surface area contributed by atoms with Gasteiger partial charge in [-0.3, -0.25) is 0 Å². The van der Waals surface area contributed by atoms with Crippen LogP contribution in [0.2, 0.25) is 0 Å². The number of nitrogens with zero attached hydrogens (tertiary/aromatic N) is 1. The van der Waals surface area contributed by atoms with E-state index in [2.05, 4.69) is 22.6 Å². The molecule has 0 radical (unpaired) electrons. The van der Waals surface area contributed by atoms with Gasteiger partial charge in [-0.1, -0.05) is 12.2 Å². The highest BCUT2D eigenvalue weighted by Gasteiger charge is 2.16. The van der Waals surface area contributed by atoms with Crippen molar-refractivity contribution in [1.82, 2.24) is 15.5 Å². The van der Waals surface area contributed by atoms with Crippen LogP contribution in [0.25, 0.3) is 0 Å². The predicted octanol–water partition coefficient (Wildman–Crippen LogP) is 1.75. The van der Waals surface area contributed by atoms with Crippen LogP contribution in [0, 0.1) is 0 Å². The Kier molecular flexibility index (Phi) is 7.02. The number of ether oxygens (including phenoxy) is 1. The number of likely N-dealkylation sites (tertiary alicyclic amines) is 1. The van der Waals surface area contributed by atoms with Crippen LogP contribution >= 0.6 is 0 Å². The highest BCUT2D eigenvalue weighted by molar-refractivity contribution is 5.67. The van der Waals surface area contributed by atoms with Crippen LogP contribution in [0.4, 0.5) is 4.79 Å². The van der Waals surface area contributed by atoms with E-state index in [1.807, 2.05) is 32.9 Å². The molecule has 1 amide bonds. The van der Waals surface area contributed by atoms with E-state index in [1.54, 1.807) is 0 Å². The van der Waals surface area contributed by atoms with E-state index < -0.39 is 5.60 Å². The van der Waals surface area contributed by atoms with Gasteiger partial charge in [0.15, 0.2) is 0 Å². The van der Waals surface area contributed by atoms with Crippen LogP contribution in [0.5, 0.6) is 0 Å². The largest absolute Gasteiger partial charge is 0.444 e. The Bertz CT molecular complexity index is 324. The first kappa shape index (κ1) is 17.0. The Morgan fingerprint density at radius 2 is 2.05 bits per heavy atom.